The van der Waals surface area contributed by atoms with Gasteiger partial charge >= 0.3 is 0 Å². The van der Waals surface area contributed by atoms with Gasteiger partial charge in [0.15, 0.2) is 0 Å². The summed E-state index contributed by atoms with van der Waals surface area (Å²) >= 11 is 0. The van der Waals surface area contributed by atoms with Gasteiger partial charge in [-0.3, -0.25) is 9.59 Å². The molecule has 0 aromatic heterocycles. The molecule has 1 aromatic carbocycles. The summed E-state index contributed by atoms with van der Waals surface area (Å²) in [6, 6.07) is 7.76. The molecule has 6 heteroatoms. The summed E-state index contributed by atoms with van der Waals surface area (Å²) < 4.78 is 0. The largest absolute Gasteiger partial charge is 0.351 e. The van der Waals surface area contributed by atoms with Crippen LogP contribution in [0.5, 0.6) is 0 Å². The molecular weight excluding hydrogens is 278 g/mol. The molecule has 0 unspecified atom stereocenters. The van der Waals surface area contributed by atoms with Gasteiger partial charge in [-0.15, -0.1) is 12.4 Å². The van der Waals surface area contributed by atoms with Gasteiger partial charge in [-0.2, -0.15) is 0 Å². The smallest absolute Gasteiger partial charge is 0.234 e. The van der Waals surface area contributed by atoms with E-state index in [0.29, 0.717) is 19.5 Å². The molecule has 2 amide bonds. The number of hydrogen-bond donors (Lipinski definition) is 2. The molecule has 0 radical (unpaired) electrons. The van der Waals surface area contributed by atoms with Crippen LogP contribution in [0.25, 0.3) is 0 Å². The maximum Gasteiger partial charge on any atom is 0.234 e. The van der Waals surface area contributed by atoms with Gasteiger partial charge in [0.05, 0.1) is 6.54 Å². The molecule has 0 spiro atoms. The van der Waals surface area contributed by atoms with E-state index < -0.39 is 0 Å². The first-order valence-corrected chi connectivity index (χ1v) is 6.51. The Hall–Kier alpha value is -1.59. The second-order valence-electron chi connectivity index (χ2n) is 4.63. The number of anilines is 1. The van der Waals surface area contributed by atoms with Gasteiger partial charge in [0, 0.05) is 25.2 Å². The van der Waals surface area contributed by atoms with Gasteiger partial charge in [0.2, 0.25) is 11.8 Å². The minimum Gasteiger partial charge on any atom is -0.351 e. The van der Waals surface area contributed by atoms with Crippen molar-refractivity contribution < 1.29 is 9.59 Å². The maximum absolute atomic E-state index is 11.7. The van der Waals surface area contributed by atoms with Crippen molar-refractivity contribution in [2.24, 2.45) is 0 Å². The summed E-state index contributed by atoms with van der Waals surface area (Å²) in [5, 5.41) is 5.62. The molecule has 5 nitrogen and oxygen atoms in total. The molecule has 0 bridgehead atoms. The lowest BCUT2D eigenvalue weighted by Gasteiger charge is -2.16. The van der Waals surface area contributed by atoms with E-state index in [2.05, 4.69) is 10.6 Å². The second-order valence-corrected chi connectivity index (χ2v) is 4.63. The highest BCUT2D eigenvalue weighted by Gasteiger charge is 2.21. The number of nitrogens with zero attached hydrogens (tertiary/aromatic N) is 1. The number of halogens is 1. The number of carbonyl (C=O) groups excluding carboxylic acids is 2. The Bertz CT molecular complexity index is 479. The van der Waals surface area contributed by atoms with Gasteiger partial charge in [0.1, 0.15) is 0 Å². The quantitative estimate of drug-likeness (QED) is 0.855. The predicted molar refractivity (Wildman–Crippen MR) is 81.1 cm³/mol. The van der Waals surface area contributed by atoms with E-state index in [-0.39, 0.29) is 24.2 Å². The van der Waals surface area contributed by atoms with Crippen molar-refractivity contribution in [2.45, 2.75) is 19.4 Å². The van der Waals surface area contributed by atoms with Crippen LogP contribution in [0.2, 0.25) is 0 Å². The van der Waals surface area contributed by atoms with E-state index in [1.54, 1.807) is 11.9 Å². The molecule has 0 atom stereocenters. The molecule has 2 N–H and O–H groups in total. The highest BCUT2D eigenvalue weighted by atomic mass is 35.5. The average Bonchev–Trinajstić information content (AvgIpc) is 2.83. The Morgan fingerprint density at radius 3 is 2.85 bits per heavy atom. The second kappa shape index (κ2) is 7.87. The molecule has 110 valence electrons. The topological polar surface area (TPSA) is 61.4 Å². The van der Waals surface area contributed by atoms with Gasteiger partial charge in [-0.25, -0.2) is 0 Å². The minimum absolute atomic E-state index is 0. The Morgan fingerprint density at radius 2 is 2.20 bits per heavy atom. The third-order valence-electron chi connectivity index (χ3n) is 3.12. The molecule has 1 aromatic rings. The number of nitrogens with one attached hydrogen (secondary N) is 2. The van der Waals surface area contributed by atoms with Crippen LogP contribution in [0, 0.1) is 0 Å². The van der Waals surface area contributed by atoms with Crippen molar-refractivity contribution in [1.82, 2.24) is 10.6 Å². The van der Waals surface area contributed by atoms with Crippen LogP contribution in [0.3, 0.4) is 0 Å². The maximum atomic E-state index is 11.7. The van der Waals surface area contributed by atoms with Crippen LogP contribution in [0.15, 0.2) is 24.3 Å². The predicted octanol–water partition coefficient (Wildman–Crippen LogP) is 1.07. The number of likely N-dealkylation sites (N-methyl/N-ethyl adjacent to an activating group) is 1. The number of hydrogen-bond acceptors (Lipinski definition) is 3. The Labute approximate surface area is 125 Å². The van der Waals surface area contributed by atoms with E-state index in [0.717, 1.165) is 24.2 Å². The highest BCUT2D eigenvalue weighted by Crippen LogP contribution is 2.22. The van der Waals surface area contributed by atoms with Crippen molar-refractivity contribution >= 4 is 29.9 Å². The first-order chi connectivity index (χ1) is 9.20. The van der Waals surface area contributed by atoms with Crippen molar-refractivity contribution in [3.05, 3.63) is 29.8 Å². The minimum atomic E-state index is -0.0369. The normalized spacial score (nSPS) is 14.1. The van der Waals surface area contributed by atoms with E-state index in [1.807, 2.05) is 24.3 Å². The fourth-order valence-corrected chi connectivity index (χ4v) is 2.18. The Balaban J connectivity index is 0.00000200. The highest BCUT2D eigenvalue weighted by molar-refractivity contribution is 5.95. The summed E-state index contributed by atoms with van der Waals surface area (Å²) in [6.07, 6.45) is 1.55. The summed E-state index contributed by atoms with van der Waals surface area (Å²) in [5.74, 6) is 0.140. The lowest BCUT2D eigenvalue weighted by molar-refractivity contribution is -0.120. The Morgan fingerprint density at radius 1 is 1.40 bits per heavy atom. The lowest BCUT2D eigenvalue weighted by atomic mass is 10.2. The summed E-state index contributed by atoms with van der Waals surface area (Å²) in [4.78, 5) is 24.9. The van der Waals surface area contributed by atoms with Crippen LogP contribution >= 0.6 is 12.4 Å². The van der Waals surface area contributed by atoms with E-state index in [1.165, 1.54) is 0 Å². The van der Waals surface area contributed by atoms with Crippen LogP contribution in [0.1, 0.15) is 18.4 Å². The number of benzene rings is 1. The Kier molecular flexibility index (Phi) is 6.48. The van der Waals surface area contributed by atoms with Crippen molar-refractivity contribution in [3.63, 3.8) is 0 Å². The van der Waals surface area contributed by atoms with E-state index in [4.69, 9.17) is 0 Å². The van der Waals surface area contributed by atoms with Gasteiger partial charge in [-0.05, 0) is 31.2 Å². The molecule has 1 saturated heterocycles. The monoisotopic (exact) mass is 297 g/mol. The van der Waals surface area contributed by atoms with E-state index in [9.17, 15) is 9.59 Å². The lowest BCUT2D eigenvalue weighted by Crippen LogP contribution is -2.31. The number of carbonyl (C=O) groups is 2. The molecule has 0 saturated carbocycles. The van der Waals surface area contributed by atoms with Crippen LogP contribution in [0.4, 0.5) is 5.69 Å². The fraction of sp³-hybridized carbons (Fsp3) is 0.429. The molecule has 2 rings (SSSR count). The standard InChI is InChI=1S/C14H19N3O2.ClH/c1-15-10-13(18)16-9-11-4-2-5-12(8-11)17-7-3-6-14(17)19;/h2,4-5,8,15H,3,6-7,9-10H2,1H3,(H,16,18);1H. The first-order valence-electron chi connectivity index (χ1n) is 6.51. The van der Waals surface area contributed by atoms with Crippen molar-refractivity contribution in [3.8, 4) is 0 Å². The zero-order valence-electron chi connectivity index (χ0n) is 11.5. The zero-order chi connectivity index (χ0) is 13.7. The van der Waals surface area contributed by atoms with E-state index >= 15 is 0 Å². The SMILES string of the molecule is CNCC(=O)NCc1cccc(N2CCCC2=O)c1.Cl. The van der Waals surface area contributed by atoms with Gasteiger partial charge in [0.25, 0.3) is 0 Å². The van der Waals surface area contributed by atoms with Crippen LogP contribution in [-0.2, 0) is 16.1 Å². The molecule has 1 aliphatic heterocycles. The molecule has 0 aliphatic carbocycles. The molecule has 1 aliphatic rings. The molecule has 1 fully saturated rings. The number of rotatable bonds is 5. The third-order valence-corrected chi connectivity index (χ3v) is 3.12. The third kappa shape index (κ3) is 4.21. The van der Waals surface area contributed by atoms with Gasteiger partial charge < -0.3 is 15.5 Å². The van der Waals surface area contributed by atoms with Crippen LogP contribution in [-0.4, -0.2) is 32.0 Å². The van der Waals surface area contributed by atoms with Gasteiger partial charge in [-0.1, -0.05) is 12.1 Å². The molecule has 20 heavy (non-hydrogen) atoms. The average molecular weight is 298 g/mol. The summed E-state index contributed by atoms with van der Waals surface area (Å²) in [7, 11) is 1.74. The number of amides is 2. The summed E-state index contributed by atoms with van der Waals surface area (Å²) in [5.41, 5.74) is 1.92. The van der Waals surface area contributed by atoms with Crippen molar-refractivity contribution in [2.75, 3.05) is 25.0 Å². The van der Waals surface area contributed by atoms with Crippen molar-refractivity contribution in [1.29, 1.82) is 0 Å². The summed E-state index contributed by atoms with van der Waals surface area (Å²) in [6.45, 7) is 1.58. The fourth-order valence-electron chi connectivity index (χ4n) is 2.18. The molecular formula is C14H20ClN3O2. The van der Waals surface area contributed by atoms with Crippen LogP contribution < -0.4 is 15.5 Å². The molecule has 1 heterocycles. The zero-order valence-corrected chi connectivity index (χ0v) is 12.3. The first kappa shape index (κ1) is 16.5.